The normalized spacial score (nSPS) is 13.9. The minimum atomic E-state index is -3.35. The molecule has 21 heavy (non-hydrogen) atoms. The molecule has 0 aliphatic heterocycles. The van der Waals surface area contributed by atoms with E-state index in [0.717, 1.165) is 11.1 Å². The van der Waals surface area contributed by atoms with Crippen molar-refractivity contribution in [3.05, 3.63) is 35.4 Å². The highest BCUT2D eigenvalue weighted by molar-refractivity contribution is 7.88. The van der Waals surface area contributed by atoms with Gasteiger partial charge in [0.25, 0.3) is 0 Å². The summed E-state index contributed by atoms with van der Waals surface area (Å²) in [6, 6.07) is 7.28. The lowest BCUT2D eigenvalue weighted by atomic mass is 10.1. The van der Waals surface area contributed by atoms with E-state index in [1.54, 1.807) is 0 Å². The molecule has 120 valence electrons. The number of nitrogens with zero attached hydrogens (tertiary/aromatic N) is 1. The van der Waals surface area contributed by atoms with Gasteiger partial charge in [0.15, 0.2) is 0 Å². The Kier molecular flexibility index (Phi) is 6.80. The molecule has 6 heteroatoms. The number of nitrogens with two attached hydrogens (primary N) is 1. The number of sulfonamides is 1. The molecule has 3 N–H and O–H groups in total. The van der Waals surface area contributed by atoms with Crippen molar-refractivity contribution >= 4 is 10.0 Å². The highest BCUT2D eigenvalue weighted by Gasteiger charge is 2.21. The number of benzene rings is 1. The summed E-state index contributed by atoms with van der Waals surface area (Å²) in [6.45, 7) is 5.19. The summed E-state index contributed by atoms with van der Waals surface area (Å²) in [6.07, 6.45) is 0. The predicted octanol–water partition coefficient (Wildman–Crippen LogP) is 1.15. The second-order valence-corrected chi connectivity index (χ2v) is 7.76. The minimum Gasteiger partial charge on any atom is -0.326 e. The molecule has 0 bridgehead atoms. The highest BCUT2D eigenvalue weighted by atomic mass is 32.2. The fourth-order valence-electron chi connectivity index (χ4n) is 2.04. The lowest BCUT2D eigenvalue weighted by Gasteiger charge is -2.25. The van der Waals surface area contributed by atoms with Crippen molar-refractivity contribution in [2.24, 2.45) is 11.7 Å². The topological polar surface area (TPSA) is 75.4 Å². The third-order valence-corrected chi connectivity index (χ3v) is 4.69. The van der Waals surface area contributed by atoms with Gasteiger partial charge in [0.2, 0.25) is 10.0 Å². The molecule has 0 aliphatic rings. The summed E-state index contributed by atoms with van der Waals surface area (Å²) >= 11 is 0. The second-order valence-electron chi connectivity index (χ2n) is 6.01. The number of rotatable bonds is 8. The van der Waals surface area contributed by atoms with Crippen molar-refractivity contribution in [2.75, 3.05) is 20.6 Å². The van der Waals surface area contributed by atoms with Gasteiger partial charge in [0, 0.05) is 19.1 Å². The van der Waals surface area contributed by atoms with Crippen LogP contribution >= 0.6 is 0 Å². The second kappa shape index (κ2) is 7.89. The van der Waals surface area contributed by atoms with Crippen molar-refractivity contribution in [1.29, 1.82) is 0 Å². The smallest absolute Gasteiger partial charge is 0.216 e. The molecule has 0 saturated heterocycles. The van der Waals surface area contributed by atoms with Crippen LogP contribution in [0.25, 0.3) is 0 Å². The SMILES string of the molecule is CC(C)C(CN(C)C)NS(=O)(=O)Cc1ccc(CN)cc1. The number of hydrogen-bond acceptors (Lipinski definition) is 4. The van der Waals surface area contributed by atoms with Crippen LogP contribution in [0.3, 0.4) is 0 Å². The standard InChI is InChI=1S/C15H27N3O2S/c1-12(2)15(10-18(3)4)17-21(19,20)11-14-7-5-13(9-16)6-8-14/h5-8,12,15,17H,9-11,16H2,1-4H3. The minimum absolute atomic E-state index is 0.00546. The average Bonchev–Trinajstić information content (AvgIpc) is 2.37. The molecule has 0 spiro atoms. The Morgan fingerprint density at radius 3 is 2.10 bits per heavy atom. The number of hydrogen-bond donors (Lipinski definition) is 2. The van der Waals surface area contributed by atoms with Crippen LogP contribution < -0.4 is 10.5 Å². The Bertz CT molecular complexity index is 524. The molecule has 0 saturated carbocycles. The summed E-state index contributed by atoms with van der Waals surface area (Å²) in [5.41, 5.74) is 7.30. The van der Waals surface area contributed by atoms with Gasteiger partial charge in [0.1, 0.15) is 0 Å². The molecule has 0 aromatic heterocycles. The van der Waals surface area contributed by atoms with E-state index in [1.165, 1.54) is 0 Å². The molecule has 0 fully saturated rings. The molecule has 0 amide bonds. The van der Waals surface area contributed by atoms with Gasteiger partial charge in [-0.05, 0) is 31.1 Å². The lowest BCUT2D eigenvalue weighted by Crippen LogP contribution is -2.45. The van der Waals surface area contributed by atoms with E-state index in [9.17, 15) is 8.42 Å². The third-order valence-electron chi connectivity index (χ3n) is 3.31. The molecular weight excluding hydrogens is 286 g/mol. The fraction of sp³-hybridized carbons (Fsp3) is 0.600. The molecule has 5 nitrogen and oxygen atoms in total. The molecule has 1 atom stereocenters. The molecule has 0 aliphatic carbocycles. The zero-order valence-corrected chi connectivity index (χ0v) is 14.2. The Balaban J connectivity index is 2.74. The monoisotopic (exact) mass is 313 g/mol. The average molecular weight is 313 g/mol. The van der Waals surface area contributed by atoms with E-state index in [4.69, 9.17) is 5.73 Å². The maximum Gasteiger partial charge on any atom is 0.216 e. The summed E-state index contributed by atoms with van der Waals surface area (Å²) in [4.78, 5) is 1.99. The van der Waals surface area contributed by atoms with E-state index >= 15 is 0 Å². The zero-order valence-electron chi connectivity index (χ0n) is 13.3. The Hall–Kier alpha value is -0.950. The van der Waals surface area contributed by atoms with Crippen LogP contribution in [-0.4, -0.2) is 40.0 Å². The molecule has 0 heterocycles. The Morgan fingerprint density at radius 1 is 1.14 bits per heavy atom. The van der Waals surface area contributed by atoms with E-state index in [0.29, 0.717) is 13.1 Å². The first-order valence-electron chi connectivity index (χ1n) is 7.16. The van der Waals surface area contributed by atoms with Gasteiger partial charge in [0.05, 0.1) is 5.75 Å². The molecule has 1 rings (SSSR count). The van der Waals surface area contributed by atoms with E-state index in [1.807, 2.05) is 57.1 Å². The maximum atomic E-state index is 12.3. The third kappa shape index (κ3) is 6.56. The summed E-state index contributed by atoms with van der Waals surface area (Å²) < 4.78 is 27.4. The van der Waals surface area contributed by atoms with E-state index < -0.39 is 10.0 Å². The lowest BCUT2D eigenvalue weighted by molar-refractivity contribution is 0.314. The van der Waals surface area contributed by atoms with Gasteiger partial charge < -0.3 is 10.6 Å². The van der Waals surface area contributed by atoms with Crippen LogP contribution in [0.5, 0.6) is 0 Å². The molecule has 0 radical (unpaired) electrons. The van der Waals surface area contributed by atoms with E-state index in [2.05, 4.69) is 4.72 Å². The van der Waals surface area contributed by atoms with Crippen LogP contribution in [0.2, 0.25) is 0 Å². The fourth-order valence-corrected chi connectivity index (χ4v) is 3.56. The first-order valence-corrected chi connectivity index (χ1v) is 8.81. The van der Waals surface area contributed by atoms with Gasteiger partial charge in [-0.3, -0.25) is 0 Å². The van der Waals surface area contributed by atoms with Gasteiger partial charge in [-0.1, -0.05) is 38.1 Å². The Labute approximate surface area is 128 Å². The van der Waals surface area contributed by atoms with Crippen molar-refractivity contribution in [1.82, 2.24) is 9.62 Å². The molecular formula is C15H27N3O2S. The van der Waals surface area contributed by atoms with Gasteiger partial charge in [-0.25, -0.2) is 13.1 Å². The van der Waals surface area contributed by atoms with E-state index in [-0.39, 0.29) is 17.7 Å². The van der Waals surface area contributed by atoms with Crippen LogP contribution in [0.1, 0.15) is 25.0 Å². The van der Waals surface area contributed by atoms with Gasteiger partial charge >= 0.3 is 0 Å². The predicted molar refractivity (Wildman–Crippen MR) is 87.3 cm³/mol. The number of likely N-dealkylation sites (N-methyl/N-ethyl adjacent to an activating group) is 1. The van der Waals surface area contributed by atoms with Crippen LogP contribution in [0.4, 0.5) is 0 Å². The largest absolute Gasteiger partial charge is 0.326 e. The summed E-state index contributed by atoms with van der Waals surface area (Å²) in [5, 5.41) is 0. The van der Waals surface area contributed by atoms with Crippen molar-refractivity contribution < 1.29 is 8.42 Å². The number of nitrogens with one attached hydrogen (secondary N) is 1. The first kappa shape index (κ1) is 18.1. The van der Waals surface area contributed by atoms with Crippen LogP contribution in [-0.2, 0) is 22.3 Å². The van der Waals surface area contributed by atoms with Gasteiger partial charge in [-0.2, -0.15) is 0 Å². The van der Waals surface area contributed by atoms with Gasteiger partial charge in [-0.15, -0.1) is 0 Å². The zero-order chi connectivity index (χ0) is 16.0. The maximum absolute atomic E-state index is 12.3. The summed E-state index contributed by atoms with van der Waals surface area (Å²) in [5.74, 6) is 0.232. The van der Waals surface area contributed by atoms with Crippen LogP contribution in [0.15, 0.2) is 24.3 Å². The molecule has 1 aromatic rings. The van der Waals surface area contributed by atoms with Crippen LogP contribution in [0, 0.1) is 5.92 Å². The van der Waals surface area contributed by atoms with Crippen molar-refractivity contribution in [2.45, 2.75) is 32.2 Å². The Morgan fingerprint density at radius 2 is 1.67 bits per heavy atom. The molecule has 1 unspecified atom stereocenters. The quantitative estimate of drug-likeness (QED) is 0.755. The summed E-state index contributed by atoms with van der Waals surface area (Å²) in [7, 11) is 0.527. The van der Waals surface area contributed by atoms with Crippen molar-refractivity contribution in [3.8, 4) is 0 Å². The molecule has 1 aromatic carbocycles. The first-order chi connectivity index (χ1) is 9.73. The van der Waals surface area contributed by atoms with Crippen molar-refractivity contribution in [3.63, 3.8) is 0 Å². The highest BCUT2D eigenvalue weighted by Crippen LogP contribution is 2.10.